The molecular weight excluding hydrogens is 272 g/mol. The van der Waals surface area contributed by atoms with Crippen LogP contribution in [0.1, 0.15) is 22.9 Å². The number of benzene rings is 1. The van der Waals surface area contributed by atoms with Gasteiger partial charge in [0.05, 0.1) is 29.2 Å². The molecule has 2 heterocycles. The Morgan fingerprint density at radius 3 is 2.75 bits per heavy atom. The molecule has 0 aliphatic rings. The first-order valence-corrected chi connectivity index (χ1v) is 7.01. The maximum absolute atomic E-state index is 6.04. The maximum atomic E-state index is 6.04. The molecule has 0 atom stereocenters. The second kappa shape index (κ2) is 5.21. The quantitative estimate of drug-likeness (QED) is 0.694. The van der Waals surface area contributed by atoms with Crippen molar-refractivity contribution in [1.82, 2.24) is 19.5 Å². The van der Waals surface area contributed by atoms with E-state index in [2.05, 4.69) is 32.5 Å². The smallest absolute Gasteiger partial charge is 0.125 e. The summed E-state index contributed by atoms with van der Waals surface area (Å²) in [4.78, 5) is 13.2. The number of hydrogen-bond donors (Lipinski definition) is 0. The molecule has 0 aliphatic carbocycles. The van der Waals surface area contributed by atoms with Crippen molar-refractivity contribution in [1.29, 1.82) is 0 Å². The number of fused-ring (bicyclic) bond motifs is 1. The van der Waals surface area contributed by atoms with Gasteiger partial charge in [-0.1, -0.05) is 12.1 Å². The van der Waals surface area contributed by atoms with Crippen LogP contribution in [0.5, 0.6) is 0 Å². The molecule has 0 aliphatic heterocycles. The molecule has 102 valence electrons. The molecule has 20 heavy (non-hydrogen) atoms. The van der Waals surface area contributed by atoms with E-state index in [4.69, 9.17) is 11.6 Å². The Hall–Kier alpha value is -1.94. The van der Waals surface area contributed by atoms with Gasteiger partial charge in [0.1, 0.15) is 11.6 Å². The highest BCUT2D eigenvalue weighted by atomic mass is 35.5. The van der Waals surface area contributed by atoms with Crippen molar-refractivity contribution in [3.05, 3.63) is 53.4 Å². The summed E-state index contributed by atoms with van der Waals surface area (Å²) in [5, 5.41) is 0. The van der Waals surface area contributed by atoms with Gasteiger partial charge in [-0.3, -0.25) is 0 Å². The Balaban J connectivity index is 2.14. The van der Waals surface area contributed by atoms with Crippen molar-refractivity contribution < 1.29 is 0 Å². The molecule has 2 aromatic heterocycles. The minimum Gasteiger partial charge on any atom is -0.321 e. The summed E-state index contributed by atoms with van der Waals surface area (Å²) in [5.74, 6) is 2.03. The number of aryl methyl sites for hydroxylation is 2. The predicted molar refractivity (Wildman–Crippen MR) is 79.9 cm³/mol. The standard InChI is InChI=1S/C15H15ClN4/c1-10-4-3-5-13-15(10)20(14(8-16)19-13)9-12-6-7-17-11(2)18-12/h3-7H,8-9H2,1-2H3. The van der Waals surface area contributed by atoms with Crippen molar-refractivity contribution in [3.8, 4) is 0 Å². The van der Waals surface area contributed by atoms with E-state index in [1.165, 1.54) is 5.56 Å². The lowest BCUT2D eigenvalue weighted by Gasteiger charge is -2.09. The molecule has 0 spiro atoms. The van der Waals surface area contributed by atoms with Crippen LogP contribution in [0.2, 0.25) is 0 Å². The van der Waals surface area contributed by atoms with Crippen LogP contribution in [0.3, 0.4) is 0 Å². The summed E-state index contributed by atoms with van der Waals surface area (Å²) in [6.07, 6.45) is 1.78. The third-order valence-electron chi connectivity index (χ3n) is 3.32. The van der Waals surface area contributed by atoms with Crippen LogP contribution in [0, 0.1) is 13.8 Å². The average Bonchev–Trinajstić information content (AvgIpc) is 2.78. The van der Waals surface area contributed by atoms with Crippen LogP contribution in [0.15, 0.2) is 30.5 Å². The van der Waals surface area contributed by atoms with E-state index in [0.29, 0.717) is 12.4 Å². The molecule has 5 heteroatoms. The summed E-state index contributed by atoms with van der Waals surface area (Å²) in [5.41, 5.74) is 4.26. The van der Waals surface area contributed by atoms with E-state index >= 15 is 0 Å². The fourth-order valence-electron chi connectivity index (χ4n) is 2.44. The van der Waals surface area contributed by atoms with Gasteiger partial charge in [0.25, 0.3) is 0 Å². The van der Waals surface area contributed by atoms with Crippen LogP contribution < -0.4 is 0 Å². The van der Waals surface area contributed by atoms with Crippen LogP contribution in [0.4, 0.5) is 0 Å². The number of alkyl halides is 1. The average molecular weight is 287 g/mol. The molecule has 0 unspecified atom stereocenters. The van der Waals surface area contributed by atoms with Crippen molar-refractivity contribution in [3.63, 3.8) is 0 Å². The molecule has 1 aromatic carbocycles. The largest absolute Gasteiger partial charge is 0.321 e. The molecule has 0 saturated heterocycles. The van der Waals surface area contributed by atoms with Gasteiger partial charge in [0.2, 0.25) is 0 Å². The zero-order chi connectivity index (χ0) is 14.1. The minimum absolute atomic E-state index is 0.387. The summed E-state index contributed by atoms with van der Waals surface area (Å²) in [7, 11) is 0. The first kappa shape index (κ1) is 13.1. The lowest BCUT2D eigenvalue weighted by molar-refractivity contribution is 0.748. The predicted octanol–water partition coefficient (Wildman–Crippen LogP) is 3.23. The van der Waals surface area contributed by atoms with E-state index in [0.717, 1.165) is 28.4 Å². The molecule has 0 fully saturated rings. The number of para-hydroxylation sites is 1. The zero-order valence-electron chi connectivity index (χ0n) is 11.5. The Bertz CT molecular complexity index is 764. The van der Waals surface area contributed by atoms with E-state index in [1.807, 2.05) is 25.1 Å². The Kier molecular flexibility index (Phi) is 3.40. The summed E-state index contributed by atoms with van der Waals surface area (Å²) >= 11 is 6.04. The van der Waals surface area contributed by atoms with Gasteiger partial charge >= 0.3 is 0 Å². The second-order valence-electron chi connectivity index (χ2n) is 4.79. The molecule has 0 N–H and O–H groups in total. The monoisotopic (exact) mass is 286 g/mol. The minimum atomic E-state index is 0.387. The molecule has 0 bridgehead atoms. The third-order valence-corrected chi connectivity index (χ3v) is 3.56. The van der Waals surface area contributed by atoms with Crippen molar-refractivity contribution in [2.24, 2.45) is 0 Å². The zero-order valence-corrected chi connectivity index (χ0v) is 12.2. The van der Waals surface area contributed by atoms with Crippen LogP contribution in [-0.4, -0.2) is 19.5 Å². The topological polar surface area (TPSA) is 43.6 Å². The van der Waals surface area contributed by atoms with Gasteiger partial charge < -0.3 is 4.57 Å². The van der Waals surface area contributed by atoms with E-state index < -0.39 is 0 Å². The molecule has 4 nitrogen and oxygen atoms in total. The van der Waals surface area contributed by atoms with E-state index in [1.54, 1.807) is 6.20 Å². The van der Waals surface area contributed by atoms with E-state index in [-0.39, 0.29) is 0 Å². The first-order chi connectivity index (χ1) is 9.69. The fraction of sp³-hybridized carbons (Fsp3) is 0.267. The highest BCUT2D eigenvalue weighted by molar-refractivity contribution is 6.16. The summed E-state index contributed by atoms with van der Waals surface area (Å²) < 4.78 is 2.14. The molecule has 3 rings (SSSR count). The second-order valence-corrected chi connectivity index (χ2v) is 5.05. The lowest BCUT2D eigenvalue weighted by Crippen LogP contribution is -2.07. The number of hydrogen-bond acceptors (Lipinski definition) is 3. The number of aromatic nitrogens is 4. The lowest BCUT2D eigenvalue weighted by atomic mass is 10.2. The number of rotatable bonds is 3. The van der Waals surface area contributed by atoms with Crippen LogP contribution in [0.25, 0.3) is 11.0 Å². The fourth-order valence-corrected chi connectivity index (χ4v) is 2.64. The first-order valence-electron chi connectivity index (χ1n) is 6.48. The van der Waals surface area contributed by atoms with Gasteiger partial charge in [-0.15, -0.1) is 11.6 Å². The third kappa shape index (κ3) is 2.27. The van der Waals surface area contributed by atoms with Gasteiger partial charge in [-0.2, -0.15) is 0 Å². The number of imidazole rings is 1. The molecule has 0 amide bonds. The summed E-state index contributed by atoms with van der Waals surface area (Å²) in [6, 6.07) is 8.04. The molecule has 0 saturated carbocycles. The number of nitrogens with zero attached hydrogens (tertiary/aromatic N) is 4. The van der Waals surface area contributed by atoms with Gasteiger partial charge in [-0.25, -0.2) is 15.0 Å². The Labute approximate surface area is 122 Å². The van der Waals surface area contributed by atoms with Crippen molar-refractivity contribution in [2.75, 3.05) is 0 Å². The van der Waals surface area contributed by atoms with Crippen LogP contribution >= 0.6 is 11.6 Å². The summed E-state index contributed by atoms with van der Waals surface area (Å²) in [6.45, 7) is 4.64. The van der Waals surface area contributed by atoms with Crippen LogP contribution in [-0.2, 0) is 12.4 Å². The molecule has 0 radical (unpaired) electrons. The molecular formula is C15H15ClN4. The SMILES string of the molecule is Cc1nccc(Cn2c(CCl)nc3cccc(C)c32)n1. The van der Waals surface area contributed by atoms with Gasteiger partial charge in [-0.05, 0) is 31.5 Å². The normalized spacial score (nSPS) is 11.2. The Morgan fingerprint density at radius 1 is 1.15 bits per heavy atom. The maximum Gasteiger partial charge on any atom is 0.125 e. The van der Waals surface area contributed by atoms with Gasteiger partial charge in [0.15, 0.2) is 0 Å². The van der Waals surface area contributed by atoms with Crippen molar-refractivity contribution >= 4 is 22.6 Å². The Morgan fingerprint density at radius 2 is 2.00 bits per heavy atom. The van der Waals surface area contributed by atoms with Gasteiger partial charge in [0, 0.05) is 6.20 Å². The number of halogens is 1. The molecule has 3 aromatic rings. The van der Waals surface area contributed by atoms with E-state index in [9.17, 15) is 0 Å². The highest BCUT2D eigenvalue weighted by Crippen LogP contribution is 2.22. The van der Waals surface area contributed by atoms with Crippen molar-refractivity contribution in [2.45, 2.75) is 26.3 Å². The highest BCUT2D eigenvalue weighted by Gasteiger charge is 2.12.